The summed E-state index contributed by atoms with van der Waals surface area (Å²) in [6.45, 7) is 6.34. The first kappa shape index (κ1) is 23.2. The molecule has 1 amide bonds. The Morgan fingerprint density at radius 1 is 1.29 bits per heavy atom. The molecule has 1 heterocycles. The van der Waals surface area contributed by atoms with Gasteiger partial charge in [-0.3, -0.25) is 4.99 Å². The van der Waals surface area contributed by atoms with Crippen LogP contribution in [0.25, 0.3) is 0 Å². The fraction of sp³-hybridized carbons (Fsp3) is 0.857. The van der Waals surface area contributed by atoms with Crippen LogP contribution in [-0.2, 0) is 14.6 Å². The first-order valence-electron chi connectivity index (χ1n) is 8.00. The highest BCUT2D eigenvalue weighted by Gasteiger charge is 2.24. The first-order chi connectivity index (χ1) is 10.9. The molecule has 0 aromatic heterocycles. The third-order valence-electron chi connectivity index (χ3n) is 3.44. The summed E-state index contributed by atoms with van der Waals surface area (Å²) in [7, 11) is -3.01. The third-order valence-corrected chi connectivity index (χ3v) is 4.36. The van der Waals surface area contributed by atoms with Gasteiger partial charge in [-0.1, -0.05) is 0 Å². The standard InChI is InChI=1S/C14H28N4O4S.HI/c1-4-15-13(16-8-11-23(3,20)21)17-12-6-9-18(10-7-12)14(19)22-5-2;/h12H,4-11H2,1-3H3,(H2,15,16,17);1H. The van der Waals surface area contributed by atoms with Crippen molar-refractivity contribution in [2.24, 2.45) is 4.99 Å². The molecule has 1 saturated heterocycles. The molecule has 0 aliphatic carbocycles. The number of rotatable bonds is 6. The maximum absolute atomic E-state index is 11.7. The number of halogens is 1. The van der Waals surface area contributed by atoms with Crippen LogP contribution in [0.2, 0.25) is 0 Å². The van der Waals surface area contributed by atoms with E-state index in [0.717, 1.165) is 12.8 Å². The molecule has 0 aromatic rings. The summed E-state index contributed by atoms with van der Waals surface area (Å²) >= 11 is 0. The minimum atomic E-state index is -3.01. The molecule has 10 heteroatoms. The number of piperidine rings is 1. The highest BCUT2D eigenvalue weighted by Crippen LogP contribution is 2.11. The van der Waals surface area contributed by atoms with E-state index in [9.17, 15) is 13.2 Å². The zero-order chi connectivity index (χ0) is 17.3. The number of hydrogen-bond acceptors (Lipinski definition) is 5. The number of carbonyl (C=O) groups is 1. The van der Waals surface area contributed by atoms with Crippen molar-refractivity contribution < 1.29 is 17.9 Å². The third kappa shape index (κ3) is 9.50. The van der Waals surface area contributed by atoms with E-state index in [2.05, 4.69) is 15.6 Å². The van der Waals surface area contributed by atoms with Crippen LogP contribution in [0.3, 0.4) is 0 Å². The van der Waals surface area contributed by atoms with Gasteiger partial charge in [-0.2, -0.15) is 0 Å². The SMILES string of the molecule is CCNC(=NCCS(C)(=O)=O)NC1CCN(C(=O)OCC)CC1.I. The lowest BCUT2D eigenvalue weighted by atomic mass is 10.1. The summed E-state index contributed by atoms with van der Waals surface area (Å²) in [6.07, 6.45) is 2.54. The van der Waals surface area contributed by atoms with Gasteiger partial charge in [-0.05, 0) is 26.7 Å². The van der Waals surface area contributed by atoms with Crippen molar-refractivity contribution in [3.8, 4) is 0 Å². The Hall–Kier alpha value is -0.780. The number of amides is 1. The highest BCUT2D eigenvalue weighted by molar-refractivity contribution is 14.0. The number of aliphatic imine (C=N–C) groups is 1. The number of carbonyl (C=O) groups excluding carboxylic acids is 1. The van der Waals surface area contributed by atoms with Gasteiger partial charge in [0.2, 0.25) is 0 Å². The molecule has 0 saturated carbocycles. The Morgan fingerprint density at radius 3 is 2.42 bits per heavy atom. The van der Waals surface area contributed by atoms with Gasteiger partial charge < -0.3 is 20.3 Å². The Balaban J connectivity index is 0.00000529. The molecule has 0 aromatic carbocycles. The smallest absolute Gasteiger partial charge is 0.409 e. The fourth-order valence-corrected chi connectivity index (χ4v) is 2.68. The van der Waals surface area contributed by atoms with Crippen LogP contribution in [0.15, 0.2) is 4.99 Å². The number of guanidine groups is 1. The quantitative estimate of drug-likeness (QED) is 0.335. The number of ether oxygens (including phenoxy) is 1. The zero-order valence-corrected chi connectivity index (χ0v) is 17.7. The van der Waals surface area contributed by atoms with Gasteiger partial charge in [0.15, 0.2) is 5.96 Å². The van der Waals surface area contributed by atoms with Crippen LogP contribution < -0.4 is 10.6 Å². The van der Waals surface area contributed by atoms with Crippen molar-refractivity contribution in [3.05, 3.63) is 0 Å². The second-order valence-electron chi connectivity index (χ2n) is 5.50. The minimum absolute atomic E-state index is 0. The average molecular weight is 476 g/mol. The molecule has 1 fully saturated rings. The largest absolute Gasteiger partial charge is 0.450 e. The molecule has 0 unspecified atom stereocenters. The predicted molar refractivity (Wildman–Crippen MR) is 106 cm³/mol. The van der Waals surface area contributed by atoms with Gasteiger partial charge in [0.25, 0.3) is 0 Å². The number of hydrogen-bond donors (Lipinski definition) is 2. The lowest BCUT2D eigenvalue weighted by molar-refractivity contribution is 0.0963. The summed E-state index contributed by atoms with van der Waals surface area (Å²) in [4.78, 5) is 17.6. The molecule has 1 rings (SSSR count). The van der Waals surface area contributed by atoms with Gasteiger partial charge in [0.1, 0.15) is 9.84 Å². The van der Waals surface area contributed by atoms with Crippen LogP contribution in [0.1, 0.15) is 26.7 Å². The van der Waals surface area contributed by atoms with E-state index in [0.29, 0.717) is 32.2 Å². The Bertz CT molecular complexity index is 505. The molecule has 1 aliphatic rings. The van der Waals surface area contributed by atoms with Crippen molar-refractivity contribution in [3.63, 3.8) is 0 Å². The van der Waals surface area contributed by atoms with Crippen molar-refractivity contribution in [1.29, 1.82) is 0 Å². The number of likely N-dealkylation sites (tertiary alicyclic amines) is 1. The van der Waals surface area contributed by atoms with E-state index >= 15 is 0 Å². The molecule has 0 radical (unpaired) electrons. The second kappa shape index (κ2) is 11.7. The van der Waals surface area contributed by atoms with Crippen LogP contribution in [0.4, 0.5) is 4.79 Å². The predicted octanol–water partition coefficient (Wildman–Crippen LogP) is 0.825. The van der Waals surface area contributed by atoms with Gasteiger partial charge in [0.05, 0.1) is 18.9 Å². The summed E-state index contributed by atoms with van der Waals surface area (Å²) in [5.74, 6) is 0.649. The lowest BCUT2D eigenvalue weighted by Gasteiger charge is -2.32. The van der Waals surface area contributed by atoms with Crippen LogP contribution in [0.5, 0.6) is 0 Å². The molecule has 8 nitrogen and oxygen atoms in total. The summed E-state index contributed by atoms with van der Waals surface area (Å²) in [6, 6.07) is 0.205. The van der Waals surface area contributed by atoms with Crippen molar-refractivity contribution in [2.75, 3.05) is 44.8 Å². The van der Waals surface area contributed by atoms with Crippen LogP contribution in [-0.4, -0.2) is 76.2 Å². The first-order valence-corrected chi connectivity index (χ1v) is 10.1. The molecule has 1 aliphatic heterocycles. The van der Waals surface area contributed by atoms with Gasteiger partial charge in [-0.15, -0.1) is 24.0 Å². The van der Waals surface area contributed by atoms with Crippen LogP contribution in [0, 0.1) is 0 Å². The van der Waals surface area contributed by atoms with E-state index in [-0.39, 0.29) is 48.4 Å². The highest BCUT2D eigenvalue weighted by atomic mass is 127. The van der Waals surface area contributed by atoms with Gasteiger partial charge in [-0.25, -0.2) is 13.2 Å². The van der Waals surface area contributed by atoms with Gasteiger partial charge in [0, 0.05) is 31.9 Å². The summed E-state index contributed by atoms with van der Waals surface area (Å²) in [5.41, 5.74) is 0. The molecular weight excluding hydrogens is 447 g/mol. The van der Waals surface area contributed by atoms with Crippen molar-refractivity contribution in [1.82, 2.24) is 15.5 Å². The van der Waals surface area contributed by atoms with E-state index in [4.69, 9.17) is 4.74 Å². The summed E-state index contributed by atoms with van der Waals surface area (Å²) < 4.78 is 27.3. The molecule has 0 spiro atoms. The van der Waals surface area contributed by atoms with E-state index in [1.807, 2.05) is 6.92 Å². The van der Waals surface area contributed by atoms with Gasteiger partial charge >= 0.3 is 6.09 Å². The van der Waals surface area contributed by atoms with Crippen molar-refractivity contribution >= 4 is 45.9 Å². The number of nitrogens with one attached hydrogen (secondary N) is 2. The average Bonchev–Trinajstić information content (AvgIpc) is 2.47. The fourth-order valence-electron chi connectivity index (χ4n) is 2.26. The number of sulfone groups is 1. The molecule has 0 atom stereocenters. The Kier molecular flexibility index (Phi) is 11.3. The lowest BCUT2D eigenvalue weighted by Crippen LogP contribution is -2.50. The molecule has 2 N–H and O–H groups in total. The molecular formula is C14H29IN4O4S. The summed E-state index contributed by atoms with van der Waals surface area (Å²) in [5, 5.41) is 6.41. The van der Waals surface area contributed by atoms with E-state index in [1.54, 1.807) is 11.8 Å². The normalized spacial score (nSPS) is 16.3. The van der Waals surface area contributed by atoms with Crippen molar-refractivity contribution in [2.45, 2.75) is 32.7 Å². The van der Waals surface area contributed by atoms with E-state index in [1.165, 1.54) is 6.26 Å². The topological polar surface area (TPSA) is 100 Å². The molecule has 24 heavy (non-hydrogen) atoms. The zero-order valence-electron chi connectivity index (χ0n) is 14.6. The Labute approximate surface area is 161 Å². The maximum Gasteiger partial charge on any atom is 0.409 e. The maximum atomic E-state index is 11.7. The minimum Gasteiger partial charge on any atom is -0.450 e. The molecule has 142 valence electrons. The van der Waals surface area contributed by atoms with Crippen LogP contribution >= 0.6 is 24.0 Å². The Morgan fingerprint density at radius 2 is 1.92 bits per heavy atom. The number of nitrogens with zero attached hydrogens (tertiary/aromatic N) is 2. The molecule has 0 bridgehead atoms. The monoisotopic (exact) mass is 476 g/mol. The van der Waals surface area contributed by atoms with E-state index < -0.39 is 9.84 Å². The second-order valence-corrected chi connectivity index (χ2v) is 7.75.